The van der Waals surface area contributed by atoms with Gasteiger partial charge in [-0.1, -0.05) is 0 Å². The van der Waals surface area contributed by atoms with Crippen LogP contribution in [0.2, 0.25) is 0 Å². The summed E-state index contributed by atoms with van der Waals surface area (Å²) in [5, 5.41) is 12.9. The Morgan fingerprint density at radius 3 is 2.80 bits per heavy atom. The second kappa shape index (κ2) is 4.35. The van der Waals surface area contributed by atoms with Crippen LogP contribution in [0.1, 0.15) is 9.67 Å². The van der Waals surface area contributed by atoms with Crippen LogP contribution in [0.3, 0.4) is 0 Å². The van der Waals surface area contributed by atoms with Crippen LogP contribution >= 0.6 is 11.3 Å². The van der Waals surface area contributed by atoms with Gasteiger partial charge in [-0.25, -0.2) is 13.2 Å². The highest BCUT2D eigenvalue weighted by Crippen LogP contribution is 2.38. The van der Waals surface area contributed by atoms with Gasteiger partial charge >= 0.3 is 5.97 Å². The second-order valence-corrected chi connectivity index (χ2v) is 7.58. The first-order valence-electron chi connectivity index (χ1n) is 5.89. The van der Waals surface area contributed by atoms with Gasteiger partial charge < -0.3 is 10.4 Å². The minimum atomic E-state index is -3.34. The summed E-state index contributed by atoms with van der Waals surface area (Å²) in [5.41, 5.74) is 1.29. The Hall–Kier alpha value is -1.80. The molecule has 20 heavy (non-hydrogen) atoms. The number of thiophene rings is 1. The Balaban J connectivity index is 2.22. The van der Waals surface area contributed by atoms with E-state index in [0.29, 0.717) is 24.5 Å². The summed E-state index contributed by atoms with van der Waals surface area (Å²) in [4.78, 5) is 11.2. The molecule has 1 aromatic carbocycles. The number of hydrogen-bond acceptors (Lipinski definition) is 5. The monoisotopic (exact) mass is 312 g/mol. The van der Waals surface area contributed by atoms with Crippen molar-refractivity contribution in [1.82, 2.24) is 0 Å². The SMILES string of the molecule is CS(=O)(=O)N1CCNc2cc3sc(C(=O)O)cc3cc21. The molecule has 0 atom stereocenters. The van der Waals surface area contributed by atoms with E-state index in [1.54, 1.807) is 18.2 Å². The Morgan fingerprint density at radius 2 is 2.15 bits per heavy atom. The number of fused-ring (bicyclic) bond motifs is 2. The molecule has 0 saturated carbocycles. The van der Waals surface area contributed by atoms with Crippen molar-refractivity contribution < 1.29 is 18.3 Å². The number of benzene rings is 1. The Bertz CT molecular complexity index is 810. The van der Waals surface area contributed by atoms with Gasteiger partial charge in [0.25, 0.3) is 0 Å². The molecule has 8 heteroatoms. The number of nitrogens with one attached hydrogen (secondary N) is 1. The van der Waals surface area contributed by atoms with Crippen molar-refractivity contribution in [2.45, 2.75) is 0 Å². The summed E-state index contributed by atoms with van der Waals surface area (Å²) in [7, 11) is -3.34. The van der Waals surface area contributed by atoms with E-state index in [9.17, 15) is 13.2 Å². The van der Waals surface area contributed by atoms with Crippen LogP contribution in [0.4, 0.5) is 11.4 Å². The van der Waals surface area contributed by atoms with Crippen molar-refractivity contribution in [3.05, 3.63) is 23.1 Å². The number of anilines is 2. The van der Waals surface area contributed by atoms with Crippen LogP contribution in [0.5, 0.6) is 0 Å². The highest BCUT2D eigenvalue weighted by Gasteiger charge is 2.25. The molecule has 1 aliphatic heterocycles. The van der Waals surface area contributed by atoms with Crippen LogP contribution in [-0.4, -0.2) is 38.8 Å². The molecule has 2 N–H and O–H groups in total. The Kier molecular flexibility index (Phi) is 2.87. The first-order valence-corrected chi connectivity index (χ1v) is 8.55. The number of rotatable bonds is 2. The fraction of sp³-hybridized carbons (Fsp3) is 0.250. The van der Waals surface area contributed by atoms with Gasteiger partial charge in [-0.15, -0.1) is 11.3 Å². The highest BCUT2D eigenvalue weighted by molar-refractivity contribution is 7.92. The average Bonchev–Trinajstić information content (AvgIpc) is 2.76. The van der Waals surface area contributed by atoms with Crippen molar-refractivity contribution in [2.75, 3.05) is 29.0 Å². The Morgan fingerprint density at radius 1 is 1.40 bits per heavy atom. The molecule has 1 aliphatic rings. The lowest BCUT2D eigenvalue weighted by Crippen LogP contribution is -2.38. The number of aromatic carboxylic acids is 1. The number of hydrogen-bond donors (Lipinski definition) is 2. The van der Waals surface area contributed by atoms with Crippen molar-refractivity contribution in [3.63, 3.8) is 0 Å². The zero-order valence-electron chi connectivity index (χ0n) is 10.6. The van der Waals surface area contributed by atoms with E-state index in [1.165, 1.54) is 21.9 Å². The fourth-order valence-corrected chi connectivity index (χ4v) is 4.14. The highest BCUT2D eigenvalue weighted by atomic mass is 32.2. The minimum Gasteiger partial charge on any atom is -0.477 e. The third kappa shape index (κ3) is 2.10. The molecule has 0 spiro atoms. The smallest absolute Gasteiger partial charge is 0.345 e. The first kappa shape index (κ1) is 13.2. The summed E-state index contributed by atoms with van der Waals surface area (Å²) >= 11 is 1.18. The van der Waals surface area contributed by atoms with Crippen LogP contribution < -0.4 is 9.62 Å². The van der Waals surface area contributed by atoms with Gasteiger partial charge in [-0.2, -0.15) is 0 Å². The van der Waals surface area contributed by atoms with E-state index in [2.05, 4.69) is 5.32 Å². The molecule has 2 heterocycles. The van der Waals surface area contributed by atoms with Gasteiger partial charge in [0.15, 0.2) is 0 Å². The van der Waals surface area contributed by atoms with Crippen LogP contribution in [0.25, 0.3) is 10.1 Å². The van der Waals surface area contributed by atoms with Gasteiger partial charge in [0.05, 0.1) is 24.2 Å². The number of carboxylic acid groups (broad SMARTS) is 1. The quantitative estimate of drug-likeness (QED) is 0.883. The molecular weight excluding hydrogens is 300 g/mol. The molecule has 0 saturated heterocycles. The maximum atomic E-state index is 11.8. The molecule has 0 radical (unpaired) electrons. The first-order chi connectivity index (χ1) is 9.36. The fourth-order valence-electron chi connectivity index (χ4n) is 2.29. The van der Waals surface area contributed by atoms with Crippen molar-refractivity contribution in [1.29, 1.82) is 0 Å². The molecular formula is C12H12N2O4S2. The van der Waals surface area contributed by atoms with E-state index in [-0.39, 0.29) is 4.88 Å². The molecule has 0 bridgehead atoms. The van der Waals surface area contributed by atoms with Gasteiger partial charge in [-0.05, 0) is 23.6 Å². The second-order valence-electron chi connectivity index (χ2n) is 4.58. The van der Waals surface area contributed by atoms with Crippen LogP contribution in [-0.2, 0) is 10.0 Å². The topological polar surface area (TPSA) is 86.7 Å². The lowest BCUT2D eigenvalue weighted by atomic mass is 10.1. The van der Waals surface area contributed by atoms with E-state index in [4.69, 9.17) is 5.11 Å². The van der Waals surface area contributed by atoms with E-state index < -0.39 is 16.0 Å². The predicted octanol–water partition coefficient (Wildman–Crippen LogP) is 1.79. The van der Waals surface area contributed by atoms with Gasteiger partial charge in [0.2, 0.25) is 10.0 Å². The summed E-state index contributed by atoms with van der Waals surface area (Å²) < 4.78 is 25.8. The standard InChI is InChI=1S/C12H12N2O4S2/c1-20(17,18)14-3-2-13-8-6-10-7(4-9(8)14)5-11(19-10)12(15)16/h4-6,13H,2-3H2,1H3,(H,15,16). The van der Waals surface area contributed by atoms with E-state index in [1.807, 2.05) is 0 Å². The molecule has 0 fully saturated rings. The summed E-state index contributed by atoms with van der Waals surface area (Å²) in [6.07, 6.45) is 1.17. The molecule has 2 aromatic rings. The number of carbonyl (C=O) groups is 1. The molecule has 6 nitrogen and oxygen atoms in total. The molecule has 0 aliphatic carbocycles. The Labute approximate surface area is 119 Å². The number of carboxylic acids is 1. The van der Waals surface area contributed by atoms with E-state index in [0.717, 1.165) is 10.1 Å². The third-order valence-electron chi connectivity index (χ3n) is 3.14. The average molecular weight is 312 g/mol. The summed E-state index contributed by atoms with van der Waals surface area (Å²) in [6, 6.07) is 5.09. The van der Waals surface area contributed by atoms with E-state index >= 15 is 0 Å². The minimum absolute atomic E-state index is 0.244. The van der Waals surface area contributed by atoms with Gasteiger partial charge in [0, 0.05) is 11.2 Å². The maximum Gasteiger partial charge on any atom is 0.345 e. The molecule has 0 unspecified atom stereocenters. The lowest BCUT2D eigenvalue weighted by Gasteiger charge is -2.30. The maximum absolute atomic E-state index is 11.8. The van der Waals surface area contributed by atoms with Crippen LogP contribution in [0, 0.1) is 0 Å². The molecule has 1 aromatic heterocycles. The largest absolute Gasteiger partial charge is 0.477 e. The molecule has 3 rings (SSSR count). The number of nitrogens with zero attached hydrogens (tertiary/aromatic N) is 1. The van der Waals surface area contributed by atoms with Crippen molar-refractivity contribution in [2.24, 2.45) is 0 Å². The zero-order valence-corrected chi connectivity index (χ0v) is 12.2. The number of sulfonamides is 1. The van der Waals surface area contributed by atoms with Crippen molar-refractivity contribution >= 4 is 48.8 Å². The predicted molar refractivity (Wildman–Crippen MR) is 79.5 cm³/mol. The zero-order chi connectivity index (χ0) is 14.5. The van der Waals surface area contributed by atoms with Crippen molar-refractivity contribution in [3.8, 4) is 0 Å². The molecule has 106 valence electrons. The normalized spacial score (nSPS) is 14.9. The third-order valence-corrected chi connectivity index (χ3v) is 5.41. The summed E-state index contributed by atoms with van der Waals surface area (Å²) in [6.45, 7) is 0.899. The van der Waals surface area contributed by atoms with Crippen LogP contribution in [0.15, 0.2) is 18.2 Å². The summed E-state index contributed by atoms with van der Waals surface area (Å²) in [5.74, 6) is -0.975. The van der Waals surface area contributed by atoms with Gasteiger partial charge in [-0.3, -0.25) is 4.31 Å². The van der Waals surface area contributed by atoms with Gasteiger partial charge in [0.1, 0.15) is 4.88 Å². The lowest BCUT2D eigenvalue weighted by molar-refractivity contribution is 0.0702. The molecule has 0 amide bonds.